The van der Waals surface area contributed by atoms with Gasteiger partial charge in [0, 0.05) is 32.7 Å². The van der Waals surface area contributed by atoms with Crippen molar-refractivity contribution in [2.24, 2.45) is 0 Å². The molecule has 0 aromatic heterocycles. The summed E-state index contributed by atoms with van der Waals surface area (Å²) in [7, 11) is -1.65. The Balaban J connectivity index is 0.000000430. The third kappa shape index (κ3) is 4.92. The Morgan fingerprint density at radius 3 is 1.12 bits per heavy atom. The molecule has 0 aliphatic heterocycles. The van der Waals surface area contributed by atoms with Crippen molar-refractivity contribution >= 4 is 23.2 Å². The zero-order valence-corrected chi connectivity index (χ0v) is 19.0. The van der Waals surface area contributed by atoms with Gasteiger partial charge in [-0.3, -0.25) is 0 Å². The van der Waals surface area contributed by atoms with E-state index in [9.17, 15) is 0 Å². The predicted molar refractivity (Wildman–Crippen MR) is 114 cm³/mol. The molecule has 0 saturated heterocycles. The standard InChI is InChI=1S/C20H19P.C4H7.Y/c1-2-21(18-12-6-3-7-13-18,19-14-8-4-9-15-19)20-16-10-5-11-17-20;1-2-4-3-1;/h3-17H,1-2H2;1H,2-4H2;/q;-1;. The van der Waals surface area contributed by atoms with Gasteiger partial charge in [0.15, 0.2) is 0 Å². The maximum atomic E-state index is 4.34. The summed E-state index contributed by atoms with van der Waals surface area (Å²) < 4.78 is 0. The van der Waals surface area contributed by atoms with E-state index in [0.717, 1.165) is 6.16 Å². The van der Waals surface area contributed by atoms with Crippen molar-refractivity contribution in [2.75, 3.05) is 6.16 Å². The molecule has 0 bridgehead atoms. The summed E-state index contributed by atoms with van der Waals surface area (Å²) >= 11 is 0. The maximum Gasteiger partial charge on any atom is 0.102 e. The van der Waals surface area contributed by atoms with E-state index in [-0.39, 0.29) is 32.7 Å². The van der Waals surface area contributed by atoms with Crippen LogP contribution in [0.2, 0.25) is 0 Å². The quantitative estimate of drug-likeness (QED) is 0.392. The second-order valence-electron chi connectivity index (χ2n) is 6.26. The van der Waals surface area contributed by atoms with Crippen LogP contribution >= 0.6 is 7.26 Å². The molecule has 2 heteroatoms. The largest absolute Gasteiger partial charge is 0.329 e. The molecule has 0 N–H and O–H groups in total. The van der Waals surface area contributed by atoms with Crippen LogP contribution in [0.4, 0.5) is 0 Å². The summed E-state index contributed by atoms with van der Waals surface area (Å²) in [4.78, 5) is 0. The summed E-state index contributed by atoms with van der Waals surface area (Å²) in [5, 5.41) is 4.20. The topological polar surface area (TPSA) is 0 Å². The Kier molecular flexibility index (Phi) is 9.20. The van der Waals surface area contributed by atoms with Gasteiger partial charge in [-0.2, -0.15) is 12.8 Å². The van der Waals surface area contributed by atoms with E-state index in [4.69, 9.17) is 0 Å². The molecule has 3 aromatic rings. The van der Waals surface area contributed by atoms with Crippen LogP contribution in [-0.2, 0) is 32.7 Å². The number of hydrogen-bond donors (Lipinski definition) is 0. The van der Waals surface area contributed by atoms with E-state index >= 15 is 0 Å². The first-order valence-corrected chi connectivity index (χ1v) is 11.0. The molecule has 4 rings (SSSR count). The summed E-state index contributed by atoms with van der Waals surface area (Å²) in [5.74, 6) is 0. The average Bonchev–Trinajstić information content (AvgIpc) is 2.64. The molecule has 3 aromatic carbocycles. The van der Waals surface area contributed by atoms with Gasteiger partial charge in [0.05, 0.1) is 7.26 Å². The first-order chi connectivity index (χ1) is 12.4. The van der Waals surface area contributed by atoms with Gasteiger partial charge in [-0.25, -0.2) is 0 Å². The Hall–Kier alpha value is -0.806. The monoisotopic (exact) mass is 434 g/mol. The van der Waals surface area contributed by atoms with Gasteiger partial charge in [-0.1, -0.05) is 54.6 Å². The molecule has 0 spiro atoms. The minimum Gasteiger partial charge on any atom is -0.329 e. The first kappa shape index (κ1) is 21.5. The molecule has 131 valence electrons. The van der Waals surface area contributed by atoms with Gasteiger partial charge in [-0.15, -0.1) is 6.42 Å². The molecular weight excluding hydrogens is 408 g/mol. The van der Waals surface area contributed by atoms with Crippen molar-refractivity contribution in [3.63, 3.8) is 0 Å². The third-order valence-electron chi connectivity index (χ3n) is 4.74. The molecule has 0 heterocycles. The molecule has 0 unspecified atom stereocenters. The smallest absolute Gasteiger partial charge is 0.102 e. The summed E-state index contributed by atoms with van der Waals surface area (Å²) in [5.41, 5.74) is 0. The first-order valence-electron chi connectivity index (χ1n) is 9.04. The van der Waals surface area contributed by atoms with Crippen molar-refractivity contribution in [3.05, 3.63) is 104 Å². The van der Waals surface area contributed by atoms with Gasteiger partial charge in [-0.05, 0) is 42.6 Å². The van der Waals surface area contributed by atoms with Crippen LogP contribution in [0.5, 0.6) is 0 Å². The molecule has 1 saturated carbocycles. The van der Waals surface area contributed by atoms with E-state index in [1.165, 1.54) is 35.2 Å². The number of benzene rings is 3. The van der Waals surface area contributed by atoms with Crippen molar-refractivity contribution in [2.45, 2.75) is 19.3 Å². The van der Waals surface area contributed by atoms with E-state index in [1.807, 2.05) is 0 Å². The number of rotatable bonds is 4. The zero-order valence-electron chi connectivity index (χ0n) is 15.3. The van der Waals surface area contributed by atoms with E-state index in [0.29, 0.717) is 0 Å². The molecule has 0 nitrogen and oxygen atoms in total. The fourth-order valence-electron chi connectivity index (χ4n) is 3.09. The van der Waals surface area contributed by atoms with Crippen LogP contribution in [0.25, 0.3) is 0 Å². The summed E-state index contributed by atoms with van der Waals surface area (Å²) in [6.45, 7) is 4.34. The van der Waals surface area contributed by atoms with Crippen LogP contribution in [0.1, 0.15) is 19.3 Å². The Labute approximate surface area is 184 Å². The summed E-state index contributed by atoms with van der Waals surface area (Å²) in [6, 6.07) is 32.5. The minimum absolute atomic E-state index is 0. The molecule has 0 amide bonds. The van der Waals surface area contributed by atoms with E-state index < -0.39 is 7.26 Å². The molecule has 1 fully saturated rings. The van der Waals surface area contributed by atoms with Gasteiger partial charge in [0.2, 0.25) is 0 Å². The zero-order chi connectivity index (χ0) is 17.4. The van der Waals surface area contributed by atoms with Gasteiger partial charge >= 0.3 is 0 Å². The van der Waals surface area contributed by atoms with Gasteiger partial charge in [0.25, 0.3) is 0 Å². The average molecular weight is 434 g/mol. The van der Waals surface area contributed by atoms with Crippen molar-refractivity contribution in [1.29, 1.82) is 0 Å². The molecule has 1 aliphatic carbocycles. The van der Waals surface area contributed by atoms with E-state index in [1.54, 1.807) is 0 Å². The Morgan fingerprint density at radius 2 is 0.923 bits per heavy atom. The second kappa shape index (κ2) is 11.1. The van der Waals surface area contributed by atoms with Gasteiger partial charge < -0.3 is 13.3 Å². The predicted octanol–water partition coefficient (Wildman–Crippen LogP) is 5.19. The van der Waals surface area contributed by atoms with Crippen molar-refractivity contribution in [3.8, 4) is 0 Å². The maximum absolute atomic E-state index is 4.34. The van der Waals surface area contributed by atoms with Crippen LogP contribution < -0.4 is 15.9 Å². The van der Waals surface area contributed by atoms with E-state index in [2.05, 4.69) is 104 Å². The molecule has 26 heavy (non-hydrogen) atoms. The summed E-state index contributed by atoms with van der Waals surface area (Å²) in [6.07, 6.45) is 7.39. The molecule has 0 atom stereocenters. The van der Waals surface area contributed by atoms with Gasteiger partial charge in [0.1, 0.15) is 15.9 Å². The molecular formula is C24H26PY-. The fraction of sp³-hybridized carbons (Fsp3) is 0.167. The van der Waals surface area contributed by atoms with Crippen molar-refractivity contribution < 1.29 is 32.7 Å². The van der Waals surface area contributed by atoms with Crippen LogP contribution in [0.15, 0.2) is 91.0 Å². The van der Waals surface area contributed by atoms with Crippen molar-refractivity contribution in [1.82, 2.24) is 0 Å². The number of hydrogen-bond acceptors (Lipinski definition) is 0. The fourth-order valence-corrected chi connectivity index (χ4v) is 6.80. The molecule has 1 aliphatic rings. The SMILES string of the molecule is [CH-]1CCC1.[CH2-]C[P+](c1ccccc1)(c1ccccc1)c1ccccc1.[Y]. The second-order valence-corrected chi connectivity index (χ2v) is 9.88. The van der Waals surface area contributed by atoms with Crippen LogP contribution in [-0.4, -0.2) is 6.16 Å². The third-order valence-corrected chi connectivity index (χ3v) is 8.95. The van der Waals surface area contributed by atoms with Crippen LogP contribution in [0.3, 0.4) is 0 Å². The normalized spacial score (nSPS) is 12.8. The Bertz CT molecular complexity index is 636. The Morgan fingerprint density at radius 1 is 0.654 bits per heavy atom. The minimum atomic E-state index is -1.65. The molecule has 1 radical (unpaired) electrons. The van der Waals surface area contributed by atoms with Crippen LogP contribution in [0, 0.1) is 13.3 Å².